The highest BCUT2D eigenvalue weighted by molar-refractivity contribution is 7.10. The average Bonchev–Trinajstić information content (AvgIpc) is 2.80. The summed E-state index contributed by atoms with van der Waals surface area (Å²) in [6.45, 7) is 10.7. The maximum absolute atomic E-state index is 4.06. The Balaban J connectivity index is 2.10. The van der Waals surface area contributed by atoms with Crippen LogP contribution in [0.15, 0.2) is 29.7 Å². The summed E-state index contributed by atoms with van der Waals surface area (Å²) >= 11 is 1.86. The maximum Gasteiger partial charge on any atom is 0.0479 e. The maximum atomic E-state index is 4.06. The topological polar surface area (TPSA) is 15.3 Å². The summed E-state index contributed by atoms with van der Waals surface area (Å²) in [6, 6.07) is 4.94. The third-order valence-electron chi connectivity index (χ3n) is 3.01. The SMILES string of the molecule is C=C(C)C[C@H](c1cccs1)N1CCNCC1. The Morgan fingerprint density at radius 2 is 2.31 bits per heavy atom. The monoisotopic (exact) mass is 236 g/mol. The van der Waals surface area contributed by atoms with E-state index < -0.39 is 0 Å². The van der Waals surface area contributed by atoms with Crippen molar-refractivity contribution in [2.24, 2.45) is 0 Å². The minimum atomic E-state index is 0.541. The van der Waals surface area contributed by atoms with E-state index in [1.54, 1.807) is 0 Å². The van der Waals surface area contributed by atoms with Crippen molar-refractivity contribution in [1.82, 2.24) is 10.2 Å². The third-order valence-corrected chi connectivity index (χ3v) is 3.98. The van der Waals surface area contributed by atoms with Gasteiger partial charge in [-0.05, 0) is 24.8 Å². The van der Waals surface area contributed by atoms with Crippen molar-refractivity contribution in [2.45, 2.75) is 19.4 Å². The van der Waals surface area contributed by atoms with E-state index >= 15 is 0 Å². The molecule has 0 aliphatic carbocycles. The van der Waals surface area contributed by atoms with E-state index in [2.05, 4.69) is 41.2 Å². The molecule has 2 heterocycles. The molecule has 1 aliphatic rings. The first kappa shape index (κ1) is 11.8. The summed E-state index contributed by atoms with van der Waals surface area (Å²) in [7, 11) is 0. The van der Waals surface area contributed by atoms with E-state index in [-0.39, 0.29) is 0 Å². The highest BCUT2D eigenvalue weighted by atomic mass is 32.1. The second kappa shape index (κ2) is 5.62. The molecule has 1 aliphatic heterocycles. The van der Waals surface area contributed by atoms with Gasteiger partial charge in [-0.2, -0.15) is 0 Å². The standard InChI is InChI=1S/C13H20N2S/c1-11(2)10-12(13-4-3-9-16-13)15-7-5-14-6-8-15/h3-4,9,12,14H,1,5-8,10H2,2H3/t12-/m1/s1. The van der Waals surface area contributed by atoms with Crippen LogP contribution in [-0.4, -0.2) is 31.1 Å². The Kier molecular flexibility index (Phi) is 4.16. The van der Waals surface area contributed by atoms with E-state index in [0.717, 1.165) is 32.6 Å². The van der Waals surface area contributed by atoms with Crippen LogP contribution >= 0.6 is 11.3 Å². The lowest BCUT2D eigenvalue weighted by molar-refractivity contribution is 0.175. The van der Waals surface area contributed by atoms with Gasteiger partial charge in [0.05, 0.1) is 0 Å². The van der Waals surface area contributed by atoms with Gasteiger partial charge in [0.2, 0.25) is 0 Å². The van der Waals surface area contributed by atoms with Crippen LogP contribution in [0.4, 0.5) is 0 Å². The Bertz CT molecular complexity index is 326. The zero-order valence-corrected chi connectivity index (χ0v) is 10.7. The zero-order valence-electron chi connectivity index (χ0n) is 9.91. The van der Waals surface area contributed by atoms with Gasteiger partial charge in [-0.3, -0.25) is 4.90 Å². The predicted molar refractivity (Wildman–Crippen MR) is 70.9 cm³/mol. The average molecular weight is 236 g/mol. The summed E-state index contributed by atoms with van der Waals surface area (Å²) < 4.78 is 0. The van der Waals surface area contributed by atoms with Crippen LogP contribution in [0.5, 0.6) is 0 Å². The first-order chi connectivity index (χ1) is 7.77. The molecule has 2 nitrogen and oxygen atoms in total. The fourth-order valence-electron chi connectivity index (χ4n) is 2.21. The van der Waals surface area contributed by atoms with E-state index in [4.69, 9.17) is 0 Å². The van der Waals surface area contributed by atoms with Crippen molar-refractivity contribution in [3.8, 4) is 0 Å². The zero-order chi connectivity index (χ0) is 11.4. The fraction of sp³-hybridized carbons (Fsp3) is 0.538. The second-order valence-electron chi connectivity index (χ2n) is 4.48. The molecular weight excluding hydrogens is 216 g/mol. The molecule has 88 valence electrons. The third kappa shape index (κ3) is 2.94. The van der Waals surface area contributed by atoms with Crippen molar-refractivity contribution in [3.05, 3.63) is 34.5 Å². The normalized spacial score (nSPS) is 19.6. The predicted octanol–water partition coefficient (Wildman–Crippen LogP) is 2.66. The van der Waals surface area contributed by atoms with E-state index in [1.165, 1.54) is 10.5 Å². The van der Waals surface area contributed by atoms with Crippen molar-refractivity contribution in [2.75, 3.05) is 26.2 Å². The van der Waals surface area contributed by atoms with Gasteiger partial charge in [0, 0.05) is 37.1 Å². The van der Waals surface area contributed by atoms with Gasteiger partial charge in [0.25, 0.3) is 0 Å². The summed E-state index contributed by atoms with van der Waals surface area (Å²) in [5.41, 5.74) is 1.27. The highest BCUT2D eigenvalue weighted by Crippen LogP contribution is 2.30. The molecule has 0 aromatic carbocycles. The first-order valence-electron chi connectivity index (χ1n) is 5.90. The summed E-state index contributed by atoms with van der Waals surface area (Å²) in [6.07, 6.45) is 1.08. The first-order valence-corrected chi connectivity index (χ1v) is 6.78. The van der Waals surface area contributed by atoms with Gasteiger partial charge in [-0.15, -0.1) is 17.9 Å². The quantitative estimate of drug-likeness (QED) is 0.809. The number of hydrogen-bond donors (Lipinski definition) is 1. The molecule has 16 heavy (non-hydrogen) atoms. The van der Waals surface area contributed by atoms with Crippen LogP contribution in [0.3, 0.4) is 0 Å². The molecule has 0 bridgehead atoms. The van der Waals surface area contributed by atoms with Crippen LogP contribution < -0.4 is 5.32 Å². The minimum Gasteiger partial charge on any atom is -0.314 e. The van der Waals surface area contributed by atoms with Gasteiger partial charge >= 0.3 is 0 Å². The van der Waals surface area contributed by atoms with Crippen LogP contribution in [-0.2, 0) is 0 Å². The molecular formula is C13H20N2S. The van der Waals surface area contributed by atoms with Crippen LogP contribution in [0.2, 0.25) is 0 Å². The van der Waals surface area contributed by atoms with Gasteiger partial charge < -0.3 is 5.32 Å². The van der Waals surface area contributed by atoms with Gasteiger partial charge in [0.15, 0.2) is 0 Å². The number of hydrogen-bond acceptors (Lipinski definition) is 3. The molecule has 1 saturated heterocycles. The lowest BCUT2D eigenvalue weighted by atomic mass is 10.0. The van der Waals surface area contributed by atoms with Crippen molar-refractivity contribution in [3.63, 3.8) is 0 Å². The molecule has 1 N–H and O–H groups in total. The lowest BCUT2D eigenvalue weighted by Gasteiger charge is -2.34. The summed E-state index contributed by atoms with van der Waals surface area (Å²) in [5, 5.41) is 5.58. The Labute approximate surface area is 102 Å². The van der Waals surface area contributed by atoms with Crippen LogP contribution in [0.1, 0.15) is 24.3 Å². The Morgan fingerprint density at radius 1 is 1.56 bits per heavy atom. The molecule has 1 atom stereocenters. The Morgan fingerprint density at radius 3 is 2.88 bits per heavy atom. The smallest absolute Gasteiger partial charge is 0.0479 e. The summed E-state index contributed by atoms with van der Waals surface area (Å²) in [5.74, 6) is 0. The highest BCUT2D eigenvalue weighted by Gasteiger charge is 2.22. The molecule has 2 rings (SSSR count). The van der Waals surface area contributed by atoms with Crippen molar-refractivity contribution in [1.29, 1.82) is 0 Å². The number of piperazine rings is 1. The van der Waals surface area contributed by atoms with Gasteiger partial charge in [0.1, 0.15) is 0 Å². The second-order valence-corrected chi connectivity index (χ2v) is 5.46. The van der Waals surface area contributed by atoms with Crippen LogP contribution in [0.25, 0.3) is 0 Å². The van der Waals surface area contributed by atoms with Gasteiger partial charge in [-0.1, -0.05) is 11.6 Å². The number of thiophene rings is 1. The van der Waals surface area contributed by atoms with E-state index in [1.807, 2.05) is 11.3 Å². The lowest BCUT2D eigenvalue weighted by Crippen LogP contribution is -2.45. The molecule has 0 amide bonds. The number of nitrogens with one attached hydrogen (secondary N) is 1. The molecule has 1 aromatic heterocycles. The molecule has 3 heteroatoms. The molecule has 1 fully saturated rings. The number of rotatable bonds is 4. The van der Waals surface area contributed by atoms with E-state index in [0.29, 0.717) is 6.04 Å². The molecule has 0 spiro atoms. The molecule has 0 saturated carbocycles. The van der Waals surface area contributed by atoms with Crippen molar-refractivity contribution < 1.29 is 0 Å². The van der Waals surface area contributed by atoms with Gasteiger partial charge in [-0.25, -0.2) is 0 Å². The molecule has 1 aromatic rings. The summed E-state index contributed by atoms with van der Waals surface area (Å²) in [4.78, 5) is 4.06. The van der Waals surface area contributed by atoms with Crippen molar-refractivity contribution >= 4 is 11.3 Å². The largest absolute Gasteiger partial charge is 0.314 e. The minimum absolute atomic E-state index is 0.541. The van der Waals surface area contributed by atoms with E-state index in [9.17, 15) is 0 Å². The molecule has 0 unspecified atom stereocenters. The molecule has 0 radical (unpaired) electrons. The number of nitrogens with zero attached hydrogens (tertiary/aromatic N) is 1. The Hall–Kier alpha value is -0.640. The fourth-order valence-corrected chi connectivity index (χ4v) is 3.08. The van der Waals surface area contributed by atoms with Crippen LogP contribution in [0, 0.1) is 0 Å².